The molecule has 1 amide bonds. The maximum Gasteiger partial charge on any atom is 0.416 e. The molecule has 3 heterocycles. The van der Waals surface area contributed by atoms with E-state index in [1.165, 1.54) is 17.6 Å². The normalized spacial score (nSPS) is 24.6. The molecule has 0 bridgehead atoms. The number of fused-ring (bicyclic) bond motifs is 3. The number of likely N-dealkylation sites (tertiary alicyclic amines) is 1. The number of nitrogens with zero attached hydrogens (tertiary/aromatic N) is 3. The smallest absolute Gasteiger partial charge is 0.391 e. The molecule has 2 aromatic rings. The van der Waals surface area contributed by atoms with Crippen LogP contribution in [0.4, 0.5) is 10.5 Å². The Morgan fingerprint density at radius 1 is 1.21 bits per heavy atom. The predicted octanol–water partition coefficient (Wildman–Crippen LogP) is 3.83. The Hall–Kier alpha value is -2.34. The van der Waals surface area contributed by atoms with Gasteiger partial charge in [0.2, 0.25) is 5.88 Å². The van der Waals surface area contributed by atoms with E-state index in [-0.39, 0.29) is 11.5 Å². The fraction of sp³-hybridized carbons (Fsp3) is 0.476. The van der Waals surface area contributed by atoms with Gasteiger partial charge in [-0.25, -0.2) is 14.8 Å². The second-order valence-corrected chi connectivity index (χ2v) is 9.07. The van der Waals surface area contributed by atoms with E-state index in [4.69, 9.17) is 16.3 Å². The van der Waals surface area contributed by atoms with Crippen molar-refractivity contribution < 1.29 is 9.53 Å². The number of amides is 1. The van der Waals surface area contributed by atoms with Crippen molar-refractivity contribution in [3.8, 4) is 5.88 Å². The molecule has 0 radical (unpaired) electrons. The monoisotopic (exact) mass is 398 g/mol. The molecule has 1 spiro atoms. The Bertz CT molecular complexity index is 938. The van der Waals surface area contributed by atoms with Gasteiger partial charge in [0, 0.05) is 30.7 Å². The van der Waals surface area contributed by atoms with Gasteiger partial charge in [-0.05, 0) is 44.2 Å². The minimum Gasteiger partial charge on any atom is -0.391 e. The zero-order valence-electron chi connectivity index (χ0n) is 15.9. The molecule has 28 heavy (non-hydrogen) atoms. The van der Waals surface area contributed by atoms with Gasteiger partial charge < -0.3 is 15.0 Å². The van der Waals surface area contributed by atoms with Crippen LogP contribution in [0.15, 0.2) is 30.6 Å². The molecule has 1 aromatic carbocycles. The molecule has 0 saturated carbocycles. The molecule has 5 rings (SSSR count). The maximum absolute atomic E-state index is 12.8. The van der Waals surface area contributed by atoms with E-state index in [2.05, 4.69) is 39.6 Å². The van der Waals surface area contributed by atoms with E-state index in [1.807, 2.05) is 6.92 Å². The van der Waals surface area contributed by atoms with Crippen molar-refractivity contribution in [1.29, 1.82) is 0 Å². The van der Waals surface area contributed by atoms with Crippen LogP contribution >= 0.6 is 11.6 Å². The lowest BCUT2D eigenvalue weighted by molar-refractivity contribution is 0.124. The summed E-state index contributed by atoms with van der Waals surface area (Å²) < 4.78 is 5.69. The fourth-order valence-electron chi connectivity index (χ4n) is 4.84. The molecule has 7 heteroatoms. The molecule has 1 fully saturated rings. The third kappa shape index (κ3) is 2.73. The third-order valence-corrected chi connectivity index (χ3v) is 6.90. The Balaban J connectivity index is 1.30. The van der Waals surface area contributed by atoms with Crippen LogP contribution in [0.5, 0.6) is 5.88 Å². The van der Waals surface area contributed by atoms with Crippen LogP contribution in [0.3, 0.4) is 0 Å². The summed E-state index contributed by atoms with van der Waals surface area (Å²) in [5.74, 6) is 0.304. The average molecular weight is 399 g/mol. The standard InChI is InChI=1S/C21H23ClN4O2/c1-20(22)7-6-16-17(20)18(25-13-24-16)28-19(27)26-10-8-21(9-11-26)12-23-15-5-3-2-4-14(15)21/h2-5,13,23H,6-12H2,1H3. The molecular formula is C21H23ClN4O2. The number of aryl methyl sites for hydroxylation is 1. The molecule has 1 saturated heterocycles. The van der Waals surface area contributed by atoms with Crippen molar-refractivity contribution >= 4 is 23.4 Å². The number of aromatic nitrogens is 2. The maximum atomic E-state index is 12.8. The van der Waals surface area contributed by atoms with Crippen LogP contribution in [0.25, 0.3) is 0 Å². The summed E-state index contributed by atoms with van der Waals surface area (Å²) in [6, 6.07) is 8.48. The zero-order valence-corrected chi connectivity index (χ0v) is 16.6. The first-order valence-electron chi connectivity index (χ1n) is 9.82. The molecule has 1 aliphatic carbocycles. The van der Waals surface area contributed by atoms with E-state index < -0.39 is 4.87 Å². The number of carbonyl (C=O) groups excluding carboxylic acids is 1. The molecule has 2 aliphatic heterocycles. The van der Waals surface area contributed by atoms with Crippen LogP contribution in [-0.2, 0) is 16.7 Å². The topological polar surface area (TPSA) is 67.4 Å². The first-order valence-corrected chi connectivity index (χ1v) is 10.2. The molecule has 1 atom stereocenters. The minimum atomic E-state index is -0.586. The highest BCUT2D eigenvalue weighted by Crippen LogP contribution is 2.46. The van der Waals surface area contributed by atoms with Crippen molar-refractivity contribution in [2.45, 2.75) is 42.9 Å². The molecule has 1 aromatic heterocycles. The molecule has 1 unspecified atom stereocenters. The van der Waals surface area contributed by atoms with Crippen LogP contribution in [0, 0.1) is 0 Å². The summed E-state index contributed by atoms with van der Waals surface area (Å²) in [5.41, 5.74) is 4.33. The molecule has 146 valence electrons. The Morgan fingerprint density at radius 2 is 2.00 bits per heavy atom. The second-order valence-electron chi connectivity index (χ2n) is 8.23. The number of rotatable bonds is 1. The van der Waals surface area contributed by atoms with Gasteiger partial charge in [0.25, 0.3) is 0 Å². The molecule has 6 nitrogen and oxygen atoms in total. The number of ether oxygens (including phenoxy) is 1. The SMILES string of the molecule is CC1(Cl)CCc2ncnc(OC(=O)N3CCC4(CC3)CNc3ccccc34)c21. The number of para-hydroxylation sites is 1. The van der Waals surface area contributed by atoms with Crippen molar-refractivity contribution in [2.75, 3.05) is 25.0 Å². The number of piperidine rings is 1. The highest BCUT2D eigenvalue weighted by atomic mass is 35.5. The summed E-state index contributed by atoms with van der Waals surface area (Å²) >= 11 is 6.61. The van der Waals surface area contributed by atoms with E-state index in [0.29, 0.717) is 19.0 Å². The van der Waals surface area contributed by atoms with Crippen molar-refractivity contribution in [3.63, 3.8) is 0 Å². The predicted molar refractivity (Wildman–Crippen MR) is 107 cm³/mol. The minimum absolute atomic E-state index is 0.109. The lowest BCUT2D eigenvalue weighted by atomic mass is 9.74. The van der Waals surface area contributed by atoms with E-state index in [0.717, 1.165) is 43.5 Å². The average Bonchev–Trinajstić information content (AvgIpc) is 3.21. The molecule has 1 N–H and O–H groups in total. The number of hydrogen-bond acceptors (Lipinski definition) is 5. The summed E-state index contributed by atoms with van der Waals surface area (Å²) in [5, 5.41) is 3.52. The number of carbonyl (C=O) groups is 1. The first kappa shape index (κ1) is 17.7. The summed E-state index contributed by atoms with van der Waals surface area (Å²) in [4.78, 5) is 22.5. The van der Waals surface area contributed by atoms with Gasteiger partial charge in [-0.1, -0.05) is 18.2 Å². The van der Waals surface area contributed by atoms with Gasteiger partial charge in [-0.15, -0.1) is 11.6 Å². The number of hydrogen-bond donors (Lipinski definition) is 1. The summed E-state index contributed by atoms with van der Waals surface area (Å²) in [7, 11) is 0. The number of anilines is 1. The second kappa shape index (κ2) is 6.34. The first-order chi connectivity index (χ1) is 13.5. The van der Waals surface area contributed by atoms with Crippen LogP contribution in [-0.4, -0.2) is 40.6 Å². The largest absolute Gasteiger partial charge is 0.416 e. The molecular weight excluding hydrogens is 376 g/mol. The van der Waals surface area contributed by atoms with Gasteiger partial charge in [-0.3, -0.25) is 0 Å². The Morgan fingerprint density at radius 3 is 2.82 bits per heavy atom. The number of benzene rings is 1. The third-order valence-electron chi connectivity index (χ3n) is 6.52. The van der Waals surface area contributed by atoms with Crippen LogP contribution in [0.2, 0.25) is 0 Å². The number of halogens is 1. The van der Waals surface area contributed by atoms with Gasteiger partial charge in [0.1, 0.15) is 6.33 Å². The summed E-state index contributed by atoms with van der Waals surface area (Å²) in [6.45, 7) is 4.19. The van der Waals surface area contributed by atoms with Gasteiger partial charge in [0.05, 0.1) is 16.1 Å². The highest BCUT2D eigenvalue weighted by molar-refractivity contribution is 6.24. The Labute approximate surface area is 169 Å². The fourth-order valence-corrected chi connectivity index (χ4v) is 5.13. The zero-order chi connectivity index (χ0) is 19.4. The van der Waals surface area contributed by atoms with E-state index >= 15 is 0 Å². The van der Waals surface area contributed by atoms with Crippen LogP contribution < -0.4 is 10.1 Å². The van der Waals surface area contributed by atoms with Crippen molar-refractivity contribution in [2.24, 2.45) is 0 Å². The van der Waals surface area contributed by atoms with Gasteiger partial charge in [0.15, 0.2) is 0 Å². The van der Waals surface area contributed by atoms with Gasteiger partial charge >= 0.3 is 6.09 Å². The lowest BCUT2D eigenvalue weighted by Gasteiger charge is -2.38. The van der Waals surface area contributed by atoms with Gasteiger partial charge in [-0.2, -0.15) is 0 Å². The number of nitrogens with one attached hydrogen (secondary N) is 1. The van der Waals surface area contributed by atoms with Crippen LogP contribution in [0.1, 0.15) is 43.0 Å². The molecule has 3 aliphatic rings. The Kier molecular flexibility index (Phi) is 4.02. The number of alkyl halides is 1. The van der Waals surface area contributed by atoms with Crippen molar-refractivity contribution in [1.82, 2.24) is 14.9 Å². The lowest BCUT2D eigenvalue weighted by Crippen LogP contribution is -2.47. The highest BCUT2D eigenvalue weighted by Gasteiger charge is 2.43. The van der Waals surface area contributed by atoms with Crippen molar-refractivity contribution in [3.05, 3.63) is 47.4 Å². The quantitative estimate of drug-likeness (QED) is 0.739. The summed E-state index contributed by atoms with van der Waals surface area (Å²) in [6.07, 6.45) is 4.48. The van der Waals surface area contributed by atoms with E-state index in [1.54, 1.807) is 4.90 Å². The van der Waals surface area contributed by atoms with E-state index in [9.17, 15) is 4.79 Å².